The molecule has 0 radical (unpaired) electrons. The Morgan fingerprint density at radius 1 is 0.708 bits per heavy atom. The van der Waals surface area contributed by atoms with Gasteiger partial charge in [0.05, 0.1) is 5.69 Å². The zero-order chi connectivity index (χ0) is 16.7. The average Bonchev–Trinajstić information content (AvgIpc) is 2.59. The Balaban J connectivity index is 2.00. The highest BCUT2D eigenvalue weighted by molar-refractivity contribution is 6.03. The van der Waals surface area contributed by atoms with E-state index in [1.54, 1.807) is 0 Å². The summed E-state index contributed by atoms with van der Waals surface area (Å²) < 4.78 is 0. The van der Waals surface area contributed by atoms with Crippen molar-refractivity contribution in [2.24, 2.45) is 0 Å². The van der Waals surface area contributed by atoms with Crippen molar-refractivity contribution in [3.63, 3.8) is 0 Å². The highest BCUT2D eigenvalue weighted by atomic mass is 14.7. The maximum atomic E-state index is 4.70. The first kappa shape index (κ1) is 14.9. The van der Waals surface area contributed by atoms with Crippen LogP contribution in [-0.2, 0) is 5.41 Å². The molecular weight excluding hydrogens is 290 g/mol. The van der Waals surface area contributed by atoms with Gasteiger partial charge < -0.3 is 0 Å². The first-order valence-corrected chi connectivity index (χ1v) is 8.41. The zero-order valence-electron chi connectivity index (χ0n) is 14.4. The number of pyridine rings is 1. The van der Waals surface area contributed by atoms with Crippen LogP contribution in [0.25, 0.3) is 32.8 Å². The lowest BCUT2D eigenvalue weighted by atomic mass is 9.85. The van der Waals surface area contributed by atoms with Crippen LogP contribution in [0.1, 0.15) is 26.3 Å². The summed E-state index contributed by atoms with van der Waals surface area (Å²) in [4.78, 5) is 4.70. The summed E-state index contributed by atoms with van der Waals surface area (Å²) in [7, 11) is 0. The van der Waals surface area contributed by atoms with E-state index in [1.807, 2.05) is 6.20 Å². The number of rotatable bonds is 1. The molecule has 0 spiro atoms. The first-order valence-electron chi connectivity index (χ1n) is 8.41. The molecule has 0 N–H and O–H groups in total. The van der Waals surface area contributed by atoms with Gasteiger partial charge in [0, 0.05) is 17.1 Å². The van der Waals surface area contributed by atoms with Gasteiger partial charge in [-0.05, 0) is 33.2 Å². The first-order chi connectivity index (χ1) is 11.5. The van der Waals surface area contributed by atoms with E-state index in [1.165, 1.54) is 32.7 Å². The molecule has 1 nitrogen and oxygen atoms in total. The maximum absolute atomic E-state index is 4.70. The van der Waals surface area contributed by atoms with Gasteiger partial charge in [0.2, 0.25) is 0 Å². The second kappa shape index (κ2) is 5.45. The van der Waals surface area contributed by atoms with Gasteiger partial charge in [-0.25, -0.2) is 0 Å². The molecule has 0 fully saturated rings. The fourth-order valence-electron chi connectivity index (χ4n) is 3.29. The minimum absolute atomic E-state index is 0.155. The molecule has 0 saturated heterocycles. The molecule has 4 rings (SSSR count). The minimum atomic E-state index is 0.155. The summed E-state index contributed by atoms with van der Waals surface area (Å²) in [5.41, 5.74) is 3.77. The minimum Gasteiger partial charge on any atom is -0.256 e. The number of fused-ring (bicyclic) bond motifs is 2. The van der Waals surface area contributed by atoms with E-state index in [4.69, 9.17) is 4.98 Å². The van der Waals surface area contributed by atoms with Crippen molar-refractivity contribution in [1.29, 1.82) is 0 Å². The second-order valence-electron chi connectivity index (χ2n) is 7.37. The van der Waals surface area contributed by atoms with Crippen molar-refractivity contribution >= 4 is 21.5 Å². The fourth-order valence-corrected chi connectivity index (χ4v) is 3.29. The van der Waals surface area contributed by atoms with E-state index in [0.717, 1.165) is 5.69 Å². The van der Waals surface area contributed by atoms with Crippen LogP contribution in [0.5, 0.6) is 0 Å². The third-order valence-corrected chi connectivity index (χ3v) is 4.68. The van der Waals surface area contributed by atoms with Gasteiger partial charge in [0.15, 0.2) is 0 Å². The van der Waals surface area contributed by atoms with Gasteiger partial charge >= 0.3 is 0 Å². The molecule has 118 valence electrons. The lowest BCUT2D eigenvalue weighted by Gasteiger charge is -2.20. The van der Waals surface area contributed by atoms with Crippen molar-refractivity contribution in [2.75, 3.05) is 0 Å². The third-order valence-electron chi connectivity index (χ3n) is 4.68. The largest absolute Gasteiger partial charge is 0.256 e. The Labute approximate surface area is 143 Å². The third kappa shape index (κ3) is 2.46. The smallest absolute Gasteiger partial charge is 0.0786 e. The van der Waals surface area contributed by atoms with Crippen molar-refractivity contribution in [3.05, 3.63) is 78.5 Å². The summed E-state index contributed by atoms with van der Waals surface area (Å²) in [6, 6.07) is 23.8. The van der Waals surface area contributed by atoms with Gasteiger partial charge in [-0.1, -0.05) is 81.4 Å². The summed E-state index contributed by atoms with van der Waals surface area (Å²) in [5.74, 6) is 0. The van der Waals surface area contributed by atoms with Crippen molar-refractivity contribution in [3.8, 4) is 11.3 Å². The van der Waals surface area contributed by atoms with Crippen LogP contribution < -0.4 is 0 Å². The molecule has 1 heterocycles. The summed E-state index contributed by atoms with van der Waals surface area (Å²) in [6.07, 6.45) is 1.90. The van der Waals surface area contributed by atoms with Crippen molar-refractivity contribution in [1.82, 2.24) is 4.98 Å². The van der Waals surface area contributed by atoms with Gasteiger partial charge in [-0.2, -0.15) is 0 Å². The highest BCUT2D eigenvalue weighted by Gasteiger charge is 2.15. The molecule has 1 heteroatoms. The van der Waals surface area contributed by atoms with Crippen LogP contribution in [0.3, 0.4) is 0 Å². The Kier molecular flexibility index (Phi) is 3.38. The van der Waals surface area contributed by atoms with E-state index >= 15 is 0 Å². The van der Waals surface area contributed by atoms with Crippen LogP contribution in [0, 0.1) is 0 Å². The number of aromatic nitrogens is 1. The Morgan fingerprint density at radius 3 is 2.33 bits per heavy atom. The van der Waals surface area contributed by atoms with Crippen molar-refractivity contribution in [2.45, 2.75) is 26.2 Å². The maximum Gasteiger partial charge on any atom is 0.0786 e. The van der Waals surface area contributed by atoms with Gasteiger partial charge in [0.1, 0.15) is 0 Å². The van der Waals surface area contributed by atoms with E-state index < -0.39 is 0 Å². The lowest BCUT2D eigenvalue weighted by molar-refractivity contribution is 0.591. The normalized spacial score (nSPS) is 12.0. The molecular formula is C23H21N. The second-order valence-corrected chi connectivity index (χ2v) is 7.37. The molecule has 0 aliphatic rings. The number of benzene rings is 3. The molecule has 0 atom stereocenters. The standard InChI is InChI=1S/C23H21N/c1-23(2,3)18-11-12-19-17(15-18)8-6-10-21(19)22-20-9-5-4-7-16(20)13-14-24-22/h4-15H,1-3H3. The number of hydrogen-bond acceptors (Lipinski definition) is 1. The fraction of sp³-hybridized carbons (Fsp3) is 0.174. The van der Waals surface area contributed by atoms with Crippen LogP contribution in [0.15, 0.2) is 72.9 Å². The zero-order valence-corrected chi connectivity index (χ0v) is 14.4. The predicted octanol–water partition coefficient (Wildman–Crippen LogP) is 6.35. The van der Waals surface area contributed by atoms with E-state index in [9.17, 15) is 0 Å². The molecule has 0 unspecified atom stereocenters. The van der Waals surface area contributed by atoms with Crippen LogP contribution in [0.4, 0.5) is 0 Å². The SMILES string of the molecule is CC(C)(C)c1ccc2c(-c3nccc4ccccc34)cccc2c1. The summed E-state index contributed by atoms with van der Waals surface area (Å²) in [6.45, 7) is 6.76. The molecule has 1 aromatic heterocycles. The van der Waals surface area contributed by atoms with E-state index in [0.29, 0.717) is 0 Å². The molecule has 4 aromatic rings. The van der Waals surface area contributed by atoms with E-state index in [-0.39, 0.29) is 5.41 Å². The van der Waals surface area contributed by atoms with Crippen LogP contribution in [-0.4, -0.2) is 4.98 Å². The highest BCUT2D eigenvalue weighted by Crippen LogP contribution is 2.34. The number of nitrogens with zero attached hydrogens (tertiary/aromatic N) is 1. The Bertz CT molecular complexity index is 1030. The Hall–Kier alpha value is -2.67. The van der Waals surface area contributed by atoms with Crippen molar-refractivity contribution < 1.29 is 0 Å². The van der Waals surface area contributed by atoms with Gasteiger partial charge in [-0.3, -0.25) is 4.98 Å². The molecule has 0 aliphatic carbocycles. The monoisotopic (exact) mass is 311 g/mol. The molecule has 0 aliphatic heterocycles. The van der Waals surface area contributed by atoms with Crippen LogP contribution >= 0.6 is 0 Å². The average molecular weight is 311 g/mol. The van der Waals surface area contributed by atoms with Gasteiger partial charge in [-0.15, -0.1) is 0 Å². The molecule has 24 heavy (non-hydrogen) atoms. The molecule has 3 aromatic carbocycles. The summed E-state index contributed by atoms with van der Waals surface area (Å²) in [5, 5.41) is 4.96. The number of hydrogen-bond donors (Lipinski definition) is 0. The predicted molar refractivity (Wildman–Crippen MR) is 103 cm³/mol. The molecule has 0 bridgehead atoms. The topological polar surface area (TPSA) is 12.9 Å². The van der Waals surface area contributed by atoms with Crippen LogP contribution in [0.2, 0.25) is 0 Å². The molecule has 0 saturated carbocycles. The molecule has 0 amide bonds. The quantitative estimate of drug-likeness (QED) is 0.399. The summed E-state index contributed by atoms with van der Waals surface area (Å²) >= 11 is 0. The lowest BCUT2D eigenvalue weighted by Crippen LogP contribution is -2.10. The van der Waals surface area contributed by atoms with Gasteiger partial charge in [0.25, 0.3) is 0 Å². The van der Waals surface area contributed by atoms with E-state index in [2.05, 4.69) is 87.5 Å². The Morgan fingerprint density at radius 2 is 1.50 bits per heavy atom.